The smallest absolute Gasteiger partial charge is 0.261 e. The SMILES string of the molecule is Cc1cc(C)c(-n2[c-][n+](-c3c(C)cc(C)cc3C)c(=O)[nH]c2=O)c(C)c1. The van der Waals surface area contributed by atoms with Crippen LogP contribution < -0.4 is 15.9 Å². The van der Waals surface area contributed by atoms with E-state index in [0.717, 1.165) is 44.8 Å². The molecule has 0 saturated carbocycles. The van der Waals surface area contributed by atoms with Gasteiger partial charge in [-0.2, -0.15) is 0 Å². The van der Waals surface area contributed by atoms with Crippen LogP contribution in [-0.4, -0.2) is 9.55 Å². The molecule has 0 amide bonds. The molecule has 26 heavy (non-hydrogen) atoms. The Morgan fingerprint density at radius 2 is 1.27 bits per heavy atom. The van der Waals surface area contributed by atoms with Crippen molar-refractivity contribution in [3.8, 4) is 11.4 Å². The van der Waals surface area contributed by atoms with Crippen molar-refractivity contribution < 1.29 is 4.57 Å². The van der Waals surface area contributed by atoms with E-state index < -0.39 is 11.4 Å². The minimum Gasteiger partial charge on any atom is -0.261 e. The Kier molecular flexibility index (Phi) is 4.40. The van der Waals surface area contributed by atoms with Crippen LogP contribution in [0, 0.1) is 47.9 Å². The lowest BCUT2D eigenvalue weighted by Gasteiger charge is -2.17. The van der Waals surface area contributed by atoms with Crippen molar-refractivity contribution in [3.05, 3.63) is 84.9 Å². The van der Waals surface area contributed by atoms with Gasteiger partial charge < -0.3 is 0 Å². The van der Waals surface area contributed by atoms with Gasteiger partial charge in [0.2, 0.25) is 6.33 Å². The van der Waals surface area contributed by atoms with Gasteiger partial charge in [0.1, 0.15) is 0 Å². The number of rotatable bonds is 2. The molecule has 0 aliphatic carbocycles. The molecule has 5 nitrogen and oxygen atoms in total. The molecule has 1 N–H and O–H groups in total. The first kappa shape index (κ1) is 17.9. The quantitative estimate of drug-likeness (QED) is 0.571. The predicted octanol–water partition coefficient (Wildman–Crippen LogP) is 2.45. The highest BCUT2D eigenvalue weighted by Crippen LogP contribution is 2.19. The standard InChI is InChI=1S/C21H23N3O2/c1-12-7-14(3)18(15(4)8-12)23-11-24(21(26)22-20(23)25)19-16(5)9-13(2)10-17(19)6/h7-10H,1-6H3,(H,22,25,26). The molecule has 0 bridgehead atoms. The van der Waals surface area contributed by atoms with E-state index in [-0.39, 0.29) is 0 Å². The van der Waals surface area contributed by atoms with Crippen molar-refractivity contribution in [2.45, 2.75) is 41.5 Å². The van der Waals surface area contributed by atoms with Crippen LogP contribution in [0.25, 0.3) is 11.4 Å². The van der Waals surface area contributed by atoms with Crippen molar-refractivity contribution in [1.82, 2.24) is 9.55 Å². The normalized spacial score (nSPS) is 11.0. The molecule has 1 aromatic heterocycles. The second-order valence-electron chi connectivity index (χ2n) is 7.00. The lowest BCUT2D eigenvalue weighted by Crippen LogP contribution is -2.55. The molecule has 0 aliphatic heterocycles. The fourth-order valence-corrected chi connectivity index (χ4v) is 3.75. The van der Waals surface area contributed by atoms with E-state index in [1.165, 1.54) is 9.13 Å². The van der Waals surface area contributed by atoms with Gasteiger partial charge in [0, 0.05) is 0 Å². The van der Waals surface area contributed by atoms with E-state index in [1.807, 2.05) is 65.8 Å². The van der Waals surface area contributed by atoms with Crippen LogP contribution in [0.5, 0.6) is 0 Å². The fraction of sp³-hybridized carbons (Fsp3) is 0.286. The number of aryl methyl sites for hydroxylation is 6. The van der Waals surface area contributed by atoms with Crippen LogP contribution in [0.3, 0.4) is 0 Å². The lowest BCUT2D eigenvalue weighted by atomic mass is 10.0. The molecule has 3 rings (SSSR count). The van der Waals surface area contributed by atoms with Crippen LogP contribution >= 0.6 is 0 Å². The van der Waals surface area contributed by atoms with E-state index in [1.54, 1.807) is 0 Å². The largest absolute Gasteiger partial charge is 0.376 e. The molecule has 0 unspecified atom stereocenters. The maximum Gasteiger partial charge on any atom is 0.376 e. The van der Waals surface area contributed by atoms with Crippen LogP contribution in [0.2, 0.25) is 0 Å². The zero-order chi connectivity index (χ0) is 19.2. The van der Waals surface area contributed by atoms with Crippen molar-refractivity contribution in [2.24, 2.45) is 0 Å². The van der Waals surface area contributed by atoms with Crippen molar-refractivity contribution in [3.63, 3.8) is 0 Å². The summed E-state index contributed by atoms with van der Waals surface area (Å²) in [5, 5.41) is 0. The van der Waals surface area contributed by atoms with Gasteiger partial charge in [-0.15, -0.1) is 0 Å². The number of aromatic amines is 1. The first-order valence-electron chi connectivity index (χ1n) is 8.56. The van der Waals surface area contributed by atoms with Crippen molar-refractivity contribution in [1.29, 1.82) is 0 Å². The first-order chi connectivity index (χ1) is 12.2. The molecular weight excluding hydrogens is 326 g/mol. The van der Waals surface area contributed by atoms with Gasteiger partial charge in [0.15, 0.2) is 0 Å². The Morgan fingerprint density at radius 3 is 1.77 bits per heavy atom. The first-order valence-corrected chi connectivity index (χ1v) is 8.56. The van der Waals surface area contributed by atoms with Crippen molar-refractivity contribution in [2.75, 3.05) is 0 Å². The average Bonchev–Trinajstić information content (AvgIpc) is 2.49. The predicted molar refractivity (Wildman–Crippen MR) is 101 cm³/mol. The Balaban J connectivity index is 2.36. The second kappa shape index (κ2) is 6.41. The van der Waals surface area contributed by atoms with E-state index in [4.69, 9.17) is 0 Å². The topological polar surface area (TPSA) is 58.7 Å². The van der Waals surface area contributed by atoms with Gasteiger partial charge in [-0.05, 0) is 63.8 Å². The summed E-state index contributed by atoms with van der Waals surface area (Å²) in [5.74, 6) is 0. The third kappa shape index (κ3) is 3.01. The molecule has 0 spiro atoms. The second-order valence-corrected chi connectivity index (χ2v) is 7.00. The maximum absolute atomic E-state index is 12.5. The summed E-state index contributed by atoms with van der Waals surface area (Å²) in [7, 11) is 0. The molecule has 134 valence electrons. The van der Waals surface area contributed by atoms with Gasteiger partial charge in [-0.1, -0.05) is 35.4 Å². The zero-order valence-corrected chi connectivity index (χ0v) is 16.0. The van der Waals surface area contributed by atoms with Gasteiger partial charge in [-0.3, -0.25) is 18.7 Å². The Morgan fingerprint density at radius 1 is 0.808 bits per heavy atom. The molecular formula is C21H23N3O2. The number of nitrogens with zero attached hydrogens (tertiary/aromatic N) is 2. The van der Waals surface area contributed by atoms with Gasteiger partial charge in [-0.25, -0.2) is 4.98 Å². The number of aromatic nitrogens is 3. The molecule has 1 heterocycles. The van der Waals surface area contributed by atoms with Crippen molar-refractivity contribution >= 4 is 0 Å². The number of hydrogen-bond acceptors (Lipinski definition) is 2. The van der Waals surface area contributed by atoms with Crippen LogP contribution in [0.1, 0.15) is 33.4 Å². The van der Waals surface area contributed by atoms with Gasteiger partial charge >= 0.3 is 11.4 Å². The van der Waals surface area contributed by atoms with Gasteiger partial charge in [0.25, 0.3) is 0 Å². The summed E-state index contributed by atoms with van der Waals surface area (Å²) in [6.07, 6.45) is 2.99. The summed E-state index contributed by atoms with van der Waals surface area (Å²) < 4.78 is 2.79. The monoisotopic (exact) mass is 349 g/mol. The number of H-pyrrole nitrogens is 1. The van der Waals surface area contributed by atoms with E-state index in [2.05, 4.69) is 11.3 Å². The van der Waals surface area contributed by atoms with Crippen LogP contribution in [0.15, 0.2) is 33.9 Å². The Labute approximate surface area is 152 Å². The number of benzene rings is 2. The van der Waals surface area contributed by atoms with E-state index >= 15 is 0 Å². The fourth-order valence-electron chi connectivity index (χ4n) is 3.75. The summed E-state index contributed by atoms with van der Waals surface area (Å²) >= 11 is 0. The van der Waals surface area contributed by atoms with E-state index in [9.17, 15) is 9.59 Å². The Hall–Kier alpha value is -2.95. The molecule has 3 aromatic rings. The third-order valence-corrected chi connectivity index (χ3v) is 4.54. The minimum absolute atomic E-state index is 0.497. The highest BCUT2D eigenvalue weighted by Gasteiger charge is 2.14. The summed E-state index contributed by atoms with van der Waals surface area (Å²) in [5.41, 5.74) is 6.56. The number of hydrogen-bond donors (Lipinski definition) is 1. The van der Waals surface area contributed by atoms with Gasteiger partial charge in [0.05, 0.1) is 11.4 Å². The maximum atomic E-state index is 12.5. The average molecular weight is 349 g/mol. The molecule has 2 aromatic carbocycles. The molecule has 0 aliphatic rings. The van der Waals surface area contributed by atoms with E-state index in [0.29, 0.717) is 0 Å². The molecule has 0 saturated heterocycles. The minimum atomic E-state index is -0.497. The Bertz CT molecular complexity index is 1000. The third-order valence-electron chi connectivity index (χ3n) is 4.54. The molecule has 5 heteroatoms. The lowest BCUT2D eigenvalue weighted by molar-refractivity contribution is -0.625. The molecule has 0 radical (unpaired) electrons. The highest BCUT2D eigenvalue weighted by molar-refractivity contribution is 5.49. The van der Waals surface area contributed by atoms with Crippen LogP contribution in [-0.2, 0) is 0 Å². The molecule has 0 atom stereocenters. The molecule has 0 fully saturated rings. The summed E-state index contributed by atoms with van der Waals surface area (Å²) in [4.78, 5) is 27.4. The van der Waals surface area contributed by atoms with Crippen LogP contribution in [0.4, 0.5) is 0 Å². The highest BCUT2D eigenvalue weighted by atomic mass is 16.2. The number of nitrogens with one attached hydrogen (secondary N) is 1. The summed E-state index contributed by atoms with van der Waals surface area (Å²) in [6, 6.07) is 8.06. The summed E-state index contributed by atoms with van der Waals surface area (Å²) in [6.45, 7) is 11.8. The zero-order valence-electron chi connectivity index (χ0n) is 16.0.